The second-order valence-electron chi connectivity index (χ2n) is 4.49. The molecule has 0 radical (unpaired) electrons. The molecular formula is C13H15ClO5S. The van der Waals surface area contributed by atoms with E-state index < -0.39 is 20.6 Å². The van der Waals surface area contributed by atoms with Gasteiger partial charge in [0.15, 0.2) is 0 Å². The summed E-state index contributed by atoms with van der Waals surface area (Å²) in [6.45, 7) is 0. The molecule has 0 amide bonds. The highest BCUT2D eigenvalue weighted by Crippen LogP contribution is 2.57. The van der Waals surface area contributed by atoms with Crippen LogP contribution >= 0.6 is 10.3 Å². The maximum Gasteiger partial charge on any atom is 0.134 e. The van der Waals surface area contributed by atoms with Gasteiger partial charge in [0.2, 0.25) is 0 Å². The number of halogens is 1. The lowest BCUT2D eigenvalue weighted by Crippen LogP contribution is -2.61. The summed E-state index contributed by atoms with van der Waals surface area (Å²) in [5, 5.41) is 1.73. The summed E-state index contributed by atoms with van der Waals surface area (Å²) in [6.07, 6.45) is 3.19. The van der Waals surface area contributed by atoms with Gasteiger partial charge in [0.1, 0.15) is 9.49 Å². The maximum absolute atomic E-state index is 10.9. The molecule has 20 heavy (non-hydrogen) atoms. The molecule has 0 bridgehead atoms. The minimum absolute atomic E-state index is 0.502. The third-order valence-corrected chi connectivity index (χ3v) is 6.07. The molecule has 2 aromatic rings. The van der Waals surface area contributed by atoms with Crippen molar-refractivity contribution in [2.75, 3.05) is 19.6 Å². The standard InChI is InChI=1S/C13H15ClO5S/c1-18-12-9-8-10-6-4-5-7-11(10)13(12)20(2,3)19-14(15,16)17/h4-9H,1-3H3. The molecule has 7 heteroatoms. The van der Waals surface area contributed by atoms with Gasteiger partial charge < -0.3 is 4.74 Å². The molecule has 0 fully saturated rings. The van der Waals surface area contributed by atoms with Crippen molar-refractivity contribution in [2.45, 2.75) is 4.90 Å². The number of ether oxygens (including phenoxy) is 1. The van der Waals surface area contributed by atoms with Crippen LogP contribution in [0.15, 0.2) is 41.3 Å². The fraction of sp³-hybridized carbons (Fsp3) is 0.231. The zero-order valence-corrected chi connectivity index (χ0v) is 12.9. The van der Waals surface area contributed by atoms with E-state index in [0.29, 0.717) is 10.6 Å². The first kappa shape index (κ1) is 15.4. The highest BCUT2D eigenvalue weighted by molar-refractivity contribution is 8.28. The Bertz CT molecular complexity index is 624. The average Bonchev–Trinajstić information content (AvgIpc) is 2.34. The SMILES string of the molecule is COc1ccc2ccccc2c1S(C)(C)O[Cl+3]([O-])([O-])[O-]. The number of fused-ring (bicyclic) bond motifs is 1. The van der Waals surface area contributed by atoms with Crippen molar-refractivity contribution in [3.63, 3.8) is 0 Å². The molecule has 5 nitrogen and oxygen atoms in total. The molecule has 0 aliphatic rings. The van der Waals surface area contributed by atoms with Gasteiger partial charge in [-0.05, 0) is 11.5 Å². The molecule has 2 aromatic carbocycles. The van der Waals surface area contributed by atoms with E-state index in [1.54, 1.807) is 18.6 Å². The smallest absolute Gasteiger partial charge is 0.134 e. The summed E-state index contributed by atoms with van der Waals surface area (Å²) in [6, 6.07) is 11.1. The van der Waals surface area contributed by atoms with E-state index in [1.807, 2.05) is 30.3 Å². The predicted molar refractivity (Wildman–Crippen MR) is 69.3 cm³/mol. The molecule has 0 saturated carbocycles. The van der Waals surface area contributed by atoms with Crippen LogP contribution in [0.3, 0.4) is 0 Å². The van der Waals surface area contributed by atoms with Gasteiger partial charge >= 0.3 is 0 Å². The van der Waals surface area contributed by atoms with Crippen molar-refractivity contribution in [3.05, 3.63) is 36.4 Å². The summed E-state index contributed by atoms with van der Waals surface area (Å²) >= 11 is 0. The largest absolute Gasteiger partial charge is 0.496 e. The Kier molecular flexibility index (Phi) is 4.15. The Morgan fingerprint density at radius 3 is 2.25 bits per heavy atom. The topological polar surface area (TPSA) is 87.6 Å². The summed E-state index contributed by atoms with van der Waals surface area (Å²) in [4.78, 5) is 0.602. The van der Waals surface area contributed by atoms with E-state index in [2.05, 4.69) is 0 Å². The van der Waals surface area contributed by atoms with Crippen molar-refractivity contribution in [1.29, 1.82) is 0 Å². The molecule has 0 atom stereocenters. The van der Waals surface area contributed by atoms with Crippen LogP contribution in [0.1, 0.15) is 0 Å². The van der Waals surface area contributed by atoms with Gasteiger partial charge in [-0.1, -0.05) is 30.3 Å². The molecule has 0 aliphatic carbocycles. The van der Waals surface area contributed by atoms with E-state index >= 15 is 0 Å². The van der Waals surface area contributed by atoms with Crippen LogP contribution in [0.4, 0.5) is 0 Å². The van der Waals surface area contributed by atoms with Crippen molar-refractivity contribution in [2.24, 2.45) is 0 Å². The van der Waals surface area contributed by atoms with E-state index in [9.17, 15) is 14.0 Å². The molecule has 0 aliphatic heterocycles. The lowest BCUT2D eigenvalue weighted by Gasteiger charge is -2.29. The summed E-state index contributed by atoms with van der Waals surface area (Å²) in [5.41, 5.74) is 0. The van der Waals surface area contributed by atoms with Crippen LogP contribution < -0.4 is 18.7 Å². The first-order valence-electron chi connectivity index (χ1n) is 5.65. The van der Waals surface area contributed by atoms with E-state index in [0.717, 1.165) is 10.8 Å². The number of benzene rings is 2. The lowest BCUT2D eigenvalue weighted by atomic mass is 10.1. The molecule has 0 spiro atoms. The van der Waals surface area contributed by atoms with Gasteiger partial charge in [0.05, 0.1) is 22.2 Å². The van der Waals surface area contributed by atoms with Crippen molar-refractivity contribution < 1.29 is 32.7 Å². The van der Waals surface area contributed by atoms with Gasteiger partial charge in [0.25, 0.3) is 0 Å². The first-order valence-corrected chi connectivity index (χ1v) is 9.26. The highest BCUT2D eigenvalue weighted by Gasteiger charge is 2.37. The number of methoxy groups -OCH3 is 1. The second kappa shape index (κ2) is 5.40. The molecule has 0 N–H and O–H groups in total. The third-order valence-electron chi connectivity index (χ3n) is 2.79. The monoisotopic (exact) mass is 318 g/mol. The minimum atomic E-state index is -4.50. The Morgan fingerprint density at radius 2 is 1.65 bits per heavy atom. The highest BCUT2D eigenvalue weighted by atomic mass is 35.7. The van der Waals surface area contributed by atoms with Crippen LogP contribution in [0, 0.1) is 10.2 Å². The van der Waals surface area contributed by atoms with Gasteiger partial charge in [-0.25, -0.2) is 0 Å². The van der Waals surface area contributed by atoms with Crippen LogP contribution in [0.2, 0.25) is 0 Å². The summed E-state index contributed by atoms with van der Waals surface area (Å²) < 4.78 is 42.8. The normalized spacial score (nSPS) is 13.5. The lowest BCUT2D eigenvalue weighted by molar-refractivity contribution is -1.91. The maximum atomic E-state index is 10.9. The fourth-order valence-corrected chi connectivity index (χ4v) is 5.26. The molecular weight excluding hydrogens is 304 g/mol. The predicted octanol–water partition coefficient (Wildman–Crippen LogP) is 0.100. The summed E-state index contributed by atoms with van der Waals surface area (Å²) in [5.74, 6) is 0.502. The van der Waals surface area contributed by atoms with Gasteiger partial charge in [-0.2, -0.15) is 14.0 Å². The number of rotatable bonds is 4. The molecule has 0 saturated heterocycles. The fourth-order valence-electron chi connectivity index (χ4n) is 2.12. The van der Waals surface area contributed by atoms with Gasteiger partial charge in [-0.3, -0.25) is 0 Å². The Labute approximate surface area is 121 Å². The van der Waals surface area contributed by atoms with Crippen molar-refractivity contribution in [1.82, 2.24) is 0 Å². The Morgan fingerprint density at radius 1 is 1.00 bits per heavy atom. The van der Waals surface area contributed by atoms with Crippen LogP contribution in [-0.4, -0.2) is 19.6 Å². The number of hydrogen-bond acceptors (Lipinski definition) is 5. The first-order chi connectivity index (χ1) is 9.24. The zero-order valence-electron chi connectivity index (χ0n) is 11.3. The van der Waals surface area contributed by atoms with Gasteiger partial charge in [-0.15, -0.1) is 0 Å². The second-order valence-corrected chi connectivity index (χ2v) is 8.63. The zero-order chi connectivity index (χ0) is 15.0. The molecule has 110 valence electrons. The third kappa shape index (κ3) is 3.17. The van der Waals surface area contributed by atoms with E-state index in [4.69, 9.17) is 8.47 Å². The Balaban J connectivity index is 2.67. The van der Waals surface area contributed by atoms with Crippen molar-refractivity contribution in [3.8, 4) is 5.75 Å². The summed E-state index contributed by atoms with van der Waals surface area (Å²) in [7, 11) is -5.34. The Hall–Kier alpha value is -1.02. The van der Waals surface area contributed by atoms with E-state index in [1.165, 1.54) is 7.11 Å². The van der Waals surface area contributed by atoms with Crippen LogP contribution in [0.25, 0.3) is 10.8 Å². The van der Waals surface area contributed by atoms with Gasteiger partial charge in [0, 0.05) is 28.2 Å². The van der Waals surface area contributed by atoms with E-state index in [-0.39, 0.29) is 0 Å². The molecule has 2 rings (SSSR count). The van der Waals surface area contributed by atoms with Crippen LogP contribution in [-0.2, 0) is 3.74 Å². The van der Waals surface area contributed by atoms with Crippen LogP contribution in [0.5, 0.6) is 5.75 Å². The quantitative estimate of drug-likeness (QED) is 0.798. The molecule has 0 unspecified atom stereocenters. The molecule has 0 heterocycles. The average molecular weight is 319 g/mol. The van der Waals surface area contributed by atoms with Crippen molar-refractivity contribution >= 4 is 21.1 Å². The molecule has 0 aromatic heterocycles. The minimum Gasteiger partial charge on any atom is -0.496 e. The number of hydrogen-bond donors (Lipinski definition) is 0.